The number of hydrogen-bond acceptors (Lipinski definition) is 2. The van der Waals surface area contributed by atoms with Gasteiger partial charge >= 0.3 is 0 Å². The first-order chi connectivity index (χ1) is 12.5. The number of nitrogens with one attached hydrogen (secondary N) is 1. The maximum Gasteiger partial charge on any atom is 0.248 e. The Hall–Kier alpha value is -2.33. The normalized spacial score (nSPS) is 10.7. The smallest absolute Gasteiger partial charge is 0.248 e. The molecule has 0 aliphatic carbocycles. The number of carbonyl (C=O) groups is 1. The second-order valence-corrected chi connectivity index (χ2v) is 6.74. The van der Waals surface area contributed by atoms with Crippen molar-refractivity contribution in [2.24, 2.45) is 5.73 Å². The molecule has 0 aromatic heterocycles. The highest BCUT2D eigenvalue weighted by Crippen LogP contribution is 2.25. The van der Waals surface area contributed by atoms with Gasteiger partial charge in [0.15, 0.2) is 0 Å². The Bertz CT molecular complexity index is 924. The van der Waals surface area contributed by atoms with Gasteiger partial charge in [0.2, 0.25) is 5.91 Å². The van der Waals surface area contributed by atoms with E-state index in [1.54, 1.807) is 18.2 Å². The summed E-state index contributed by atoms with van der Waals surface area (Å²) >= 11 is 12.2. The molecule has 0 saturated heterocycles. The van der Waals surface area contributed by atoms with Gasteiger partial charge in [0, 0.05) is 18.7 Å². The summed E-state index contributed by atoms with van der Waals surface area (Å²) in [5.74, 6) is -0.424. The average molecular weight is 385 g/mol. The van der Waals surface area contributed by atoms with Gasteiger partial charge in [-0.2, -0.15) is 0 Å². The maximum atomic E-state index is 11.3. The summed E-state index contributed by atoms with van der Waals surface area (Å²) in [6, 6.07) is 21.1. The molecule has 132 valence electrons. The van der Waals surface area contributed by atoms with Crippen LogP contribution in [0.4, 0.5) is 0 Å². The molecule has 3 N–H and O–H groups in total. The van der Waals surface area contributed by atoms with E-state index in [2.05, 4.69) is 17.4 Å². The molecule has 0 bridgehead atoms. The third-order valence-corrected chi connectivity index (χ3v) is 4.97. The third-order valence-electron chi connectivity index (χ3n) is 4.11. The molecule has 0 saturated carbocycles. The summed E-state index contributed by atoms with van der Waals surface area (Å²) in [6.45, 7) is 1.35. The first kappa shape index (κ1) is 18.5. The van der Waals surface area contributed by atoms with Crippen molar-refractivity contribution in [2.75, 3.05) is 0 Å². The highest BCUT2D eigenvalue weighted by atomic mass is 35.5. The van der Waals surface area contributed by atoms with Crippen LogP contribution in [-0.4, -0.2) is 5.91 Å². The predicted molar refractivity (Wildman–Crippen MR) is 107 cm³/mol. The van der Waals surface area contributed by atoms with Crippen molar-refractivity contribution in [1.82, 2.24) is 5.32 Å². The number of hydrogen-bond donors (Lipinski definition) is 2. The zero-order chi connectivity index (χ0) is 18.5. The molecular weight excluding hydrogens is 367 g/mol. The Morgan fingerprint density at radius 1 is 0.885 bits per heavy atom. The zero-order valence-electron chi connectivity index (χ0n) is 14.0. The summed E-state index contributed by atoms with van der Waals surface area (Å²) in [7, 11) is 0. The van der Waals surface area contributed by atoms with Crippen molar-refractivity contribution in [2.45, 2.75) is 13.1 Å². The highest BCUT2D eigenvalue weighted by Gasteiger charge is 2.05. The summed E-state index contributed by atoms with van der Waals surface area (Å²) < 4.78 is 0. The first-order valence-electron chi connectivity index (χ1n) is 8.17. The van der Waals surface area contributed by atoms with Gasteiger partial charge in [-0.3, -0.25) is 4.79 Å². The Morgan fingerprint density at radius 2 is 1.62 bits per heavy atom. The summed E-state index contributed by atoms with van der Waals surface area (Å²) in [5, 5.41) is 4.52. The number of amides is 1. The van der Waals surface area contributed by atoms with Gasteiger partial charge in [-0.15, -0.1) is 0 Å². The number of benzene rings is 3. The highest BCUT2D eigenvalue weighted by molar-refractivity contribution is 6.42. The second-order valence-electron chi connectivity index (χ2n) is 5.96. The van der Waals surface area contributed by atoms with E-state index in [4.69, 9.17) is 28.9 Å². The molecule has 0 spiro atoms. The Balaban J connectivity index is 1.64. The van der Waals surface area contributed by atoms with E-state index in [9.17, 15) is 4.79 Å². The van der Waals surface area contributed by atoms with Gasteiger partial charge in [-0.1, -0.05) is 71.7 Å². The van der Waals surface area contributed by atoms with Gasteiger partial charge < -0.3 is 11.1 Å². The fourth-order valence-electron chi connectivity index (χ4n) is 2.69. The summed E-state index contributed by atoms with van der Waals surface area (Å²) in [4.78, 5) is 11.3. The van der Waals surface area contributed by atoms with E-state index in [0.717, 1.165) is 22.3 Å². The lowest BCUT2D eigenvalue weighted by molar-refractivity contribution is 0.100. The fourth-order valence-corrected chi connectivity index (χ4v) is 3.08. The van der Waals surface area contributed by atoms with Crippen molar-refractivity contribution in [3.05, 3.63) is 93.5 Å². The minimum atomic E-state index is -0.424. The van der Waals surface area contributed by atoms with Gasteiger partial charge in [-0.25, -0.2) is 0 Å². The van der Waals surface area contributed by atoms with Crippen LogP contribution in [0.5, 0.6) is 0 Å². The minimum Gasteiger partial charge on any atom is -0.366 e. The number of nitrogens with two attached hydrogens (primary N) is 1. The molecule has 5 heteroatoms. The fraction of sp³-hybridized carbons (Fsp3) is 0.0952. The molecule has 0 aliphatic rings. The molecule has 0 unspecified atom stereocenters. The van der Waals surface area contributed by atoms with Crippen molar-refractivity contribution < 1.29 is 4.79 Å². The summed E-state index contributed by atoms with van der Waals surface area (Å²) in [6.07, 6.45) is 0. The van der Waals surface area contributed by atoms with E-state index in [1.165, 1.54) is 0 Å². The lowest BCUT2D eigenvalue weighted by atomic mass is 10.0. The lowest BCUT2D eigenvalue weighted by Crippen LogP contribution is -2.13. The Labute approximate surface area is 162 Å². The van der Waals surface area contributed by atoms with Gasteiger partial charge in [-0.05, 0) is 40.5 Å². The Kier molecular flexibility index (Phi) is 5.94. The van der Waals surface area contributed by atoms with Crippen LogP contribution >= 0.6 is 23.2 Å². The monoisotopic (exact) mass is 384 g/mol. The standard InChI is InChI=1S/C21H18Cl2N2O/c22-19-6-2-5-18(20(19)23)13-25-12-14-7-9-15(10-8-14)16-3-1-4-17(11-16)21(24)26/h1-11,25H,12-13H2,(H2,24,26). The van der Waals surface area contributed by atoms with E-state index in [-0.39, 0.29) is 0 Å². The van der Waals surface area contributed by atoms with Crippen molar-refractivity contribution in [3.63, 3.8) is 0 Å². The summed E-state index contributed by atoms with van der Waals surface area (Å²) in [5.41, 5.74) is 9.97. The van der Waals surface area contributed by atoms with Gasteiger partial charge in [0.25, 0.3) is 0 Å². The second kappa shape index (κ2) is 8.37. The largest absolute Gasteiger partial charge is 0.366 e. The van der Waals surface area contributed by atoms with Crippen LogP contribution < -0.4 is 11.1 Å². The minimum absolute atomic E-state index is 0.424. The zero-order valence-corrected chi connectivity index (χ0v) is 15.5. The lowest BCUT2D eigenvalue weighted by Gasteiger charge is -2.09. The van der Waals surface area contributed by atoms with Crippen LogP contribution in [0.25, 0.3) is 11.1 Å². The molecule has 3 rings (SSSR count). The molecular formula is C21H18Cl2N2O. The van der Waals surface area contributed by atoms with E-state index in [1.807, 2.05) is 36.4 Å². The van der Waals surface area contributed by atoms with Crippen LogP contribution in [0.3, 0.4) is 0 Å². The predicted octanol–water partition coefficient (Wildman–Crippen LogP) is 5.05. The van der Waals surface area contributed by atoms with E-state index in [0.29, 0.717) is 28.7 Å². The number of halogens is 2. The van der Waals surface area contributed by atoms with Crippen molar-refractivity contribution in [1.29, 1.82) is 0 Å². The van der Waals surface area contributed by atoms with Crippen LogP contribution in [0.1, 0.15) is 21.5 Å². The topological polar surface area (TPSA) is 55.1 Å². The van der Waals surface area contributed by atoms with Gasteiger partial charge in [0.1, 0.15) is 0 Å². The number of carbonyl (C=O) groups excluding carboxylic acids is 1. The molecule has 3 aromatic rings. The molecule has 0 fully saturated rings. The molecule has 0 radical (unpaired) electrons. The molecule has 3 nitrogen and oxygen atoms in total. The quantitative estimate of drug-likeness (QED) is 0.624. The molecule has 1 amide bonds. The van der Waals surface area contributed by atoms with Crippen LogP contribution in [0, 0.1) is 0 Å². The molecule has 3 aromatic carbocycles. The van der Waals surface area contributed by atoms with E-state index < -0.39 is 5.91 Å². The van der Waals surface area contributed by atoms with Crippen LogP contribution in [-0.2, 0) is 13.1 Å². The average Bonchev–Trinajstić information content (AvgIpc) is 2.66. The van der Waals surface area contributed by atoms with E-state index >= 15 is 0 Å². The van der Waals surface area contributed by atoms with Crippen molar-refractivity contribution >= 4 is 29.1 Å². The molecule has 0 aliphatic heterocycles. The number of rotatable bonds is 6. The first-order valence-corrected chi connectivity index (χ1v) is 8.93. The SMILES string of the molecule is NC(=O)c1cccc(-c2ccc(CNCc3cccc(Cl)c3Cl)cc2)c1. The number of primary amides is 1. The Morgan fingerprint density at radius 3 is 2.35 bits per heavy atom. The maximum absolute atomic E-state index is 11.3. The van der Waals surface area contributed by atoms with Crippen LogP contribution in [0.2, 0.25) is 10.0 Å². The van der Waals surface area contributed by atoms with Crippen LogP contribution in [0.15, 0.2) is 66.7 Å². The molecule has 26 heavy (non-hydrogen) atoms. The van der Waals surface area contributed by atoms with Crippen molar-refractivity contribution in [3.8, 4) is 11.1 Å². The van der Waals surface area contributed by atoms with Gasteiger partial charge in [0.05, 0.1) is 10.0 Å². The third kappa shape index (κ3) is 4.44. The molecule has 0 heterocycles. The molecule has 0 atom stereocenters.